The molecule has 0 aliphatic carbocycles. The highest BCUT2D eigenvalue weighted by molar-refractivity contribution is 8.93. The van der Waals surface area contributed by atoms with E-state index >= 15 is 0 Å². The first-order chi connectivity index (χ1) is 9.58. The Morgan fingerprint density at radius 1 is 0.818 bits per heavy atom. The maximum atomic E-state index is 7.33. The van der Waals surface area contributed by atoms with Crippen LogP contribution in [0.3, 0.4) is 0 Å². The molecule has 2 aromatic carbocycles. The number of amidine groups is 2. The van der Waals surface area contributed by atoms with Gasteiger partial charge in [0.1, 0.15) is 0 Å². The molecular formula is C14H18Br2N4S2. The van der Waals surface area contributed by atoms with Crippen LogP contribution in [0, 0.1) is 10.8 Å². The fourth-order valence-electron chi connectivity index (χ4n) is 2.05. The van der Waals surface area contributed by atoms with Crippen LogP contribution in [-0.4, -0.2) is 10.3 Å². The fourth-order valence-corrected chi connectivity index (χ4v) is 3.16. The Bertz CT molecular complexity index is 612. The van der Waals surface area contributed by atoms with E-state index in [2.05, 4.69) is 24.3 Å². The van der Waals surface area contributed by atoms with E-state index in [1.54, 1.807) is 0 Å². The normalized spacial score (nSPS) is 9.64. The number of hydrogen-bond acceptors (Lipinski definition) is 4. The zero-order chi connectivity index (χ0) is 14.5. The van der Waals surface area contributed by atoms with E-state index in [-0.39, 0.29) is 44.3 Å². The van der Waals surface area contributed by atoms with Crippen molar-refractivity contribution in [2.45, 2.75) is 11.5 Å². The topological polar surface area (TPSA) is 99.7 Å². The highest BCUT2D eigenvalue weighted by Gasteiger charge is 2.07. The van der Waals surface area contributed by atoms with Gasteiger partial charge < -0.3 is 11.5 Å². The first kappa shape index (κ1) is 21.3. The third-order valence-electron chi connectivity index (χ3n) is 2.84. The summed E-state index contributed by atoms with van der Waals surface area (Å²) in [5.41, 5.74) is 13.1. The molecule has 2 rings (SSSR count). The molecule has 0 spiro atoms. The molecule has 0 saturated heterocycles. The molecule has 0 fully saturated rings. The molecule has 22 heavy (non-hydrogen) atoms. The number of nitrogens with one attached hydrogen (secondary N) is 2. The lowest BCUT2D eigenvalue weighted by molar-refractivity contribution is 1.40. The predicted octanol–water partition coefficient (Wildman–Crippen LogP) is 4.25. The molecule has 0 unspecified atom stereocenters. The first-order valence-electron chi connectivity index (χ1n) is 6.01. The lowest BCUT2D eigenvalue weighted by Gasteiger charge is -2.11. The van der Waals surface area contributed by atoms with E-state index in [1.165, 1.54) is 28.9 Å². The van der Waals surface area contributed by atoms with Gasteiger partial charge in [-0.05, 0) is 21.9 Å². The van der Waals surface area contributed by atoms with E-state index in [9.17, 15) is 0 Å². The van der Waals surface area contributed by atoms with Crippen LogP contribution in [0.4, 0.5) is 0 Å². The van der Waals surface area contributed by atoms with Crippen molar-refractivity contribution in [1.82, 2.24) is 0 Å². The Labute approximate surface area is 159 Å². The standard InChI is InChI=1S/C14H16N4S2.2BrH/c15-13(16)19-7-10-5-1-3-9-4-2-6-11(12(9)10)8-20-14(17)18;;/h1-6H,7-8H2,(H3,15,16)(H3,17,18);2*1H. The van der Waals surface area contributed by atoms with Crippen molar-refractivity contribution in [1.29, 1.82) is 10.8 Å². The van der Waals surface area contributed by atoms with E-state index in [1.807, 2.05) is 12.1 Å². The monoisotopic (exact) mass is 464 g/mol. The molecule has 0 amide bonds. The van der Waals surface area contributed by atoms with Crippen molar-refractivity contribution >= 4 is 78.6 Å². The number of nitrogens with two attached hydrogens (primary N) is 2. The van der Waals surface area contributed by atoms with Gasteiger partial charge in [-0.3, -0.25) is 10.8 Å². The van der Waals surface area contributed by atoms with Gasteiger partial charge in [0, 0.05) is 11.5 Å². The van der Waals surface area contributed by atoms with Crippen LogP contribution in [0.2, 0.25) is 0 Å². The molecule has 4 nitrogen and oxygen atoms in total. The van der Waals surface area contributed by atoms with Gasteiger partial charge in [0.25, 0.3) is 0 Å². The van der Waals surface area contributed by atoms with Crippen molar-refractivity contribution in [3.05, 3.63) is 47.5 Å². The highest BCUT2D eigenvalue weighted by Crippen LogP contribution is 2.28. The maximum Gasteiger partial charge on any atom is 0.151 e. The van der Waals surface area contributed by atoms with E-state index in [0.29, 0.717) is 11.5 Å². The van der Waals surface area contributed by atoms with E-state index in [4.69, 9.17) is 22.3 Å². The fraction of sp³-hybridized carbons (Fsp3) is 0.143. The SMILES string of the molecule is Br.Br.N=C(N)SCc1cccc2cccc(CSC(=N)N)c12. The first-order valence-corrected chi connectivity index (χ1v) is 7.98. The third-order valence-corrected chi connectivity index (χ3v) is 4.38. The van der Waals surface area contributed by atoms with Crippen molar-refractivity contribution in [3.63, 3.8) is 0 Å². The van der Waals surface area contributed by atoms with Crippen LogP contribution in [0.5, 0.6) is 0 Å². The summed E-state index contributed by atoms with van der Waals surface area (Å²) in [5.74, 6) is 1.35. The molecule has 6 N–H and O–H groups in total. The highest BCUT2D eigenvalue weighted by atomic mass is 79.9. The summed E-state index contributed by atoms with van der Waals surface area (Å²) in [5, 5.41) is 17.3. The summed E-state index contributed by atoms with van der Waals surface area (Å²) in [4.78, 5) is 0. The Morgan fingerprint density at radius 3 is 1.59 bits per heavy atom. The molecule has 2 aromatic rings. The second-order valence-corrected chi connectivity index (χ2v) is 6.27. The van der Waals surface area contributed by atoms with Crippen LogP contribution < -0.4 is 11.5 Å². The van der Waals surface area contributed by atoms with Crippen LogP contribution >= 0.6 is 57.5 Å². The maximum absolute atomic E-state index is 7.33. The van der Waals surface area contributed by atoms with Crippen molar-refractivity contribution < 1.29 is 0 Å². The lowest BCUT2D eigenvalue weighted by atomic mass is 10.0. The van der Waals surface area contributed by atoms with Crippen LogP contribution in [0.25, 0.3) is 10.8 Å². The van der Waals surface area contributed by atoms with Crippen LogP contribution in [-0.2, 0) is 11.5 Å². The van der Waals surface area contributed by atoms with Gasteiger partial charge >= 0.3 is 0 Å². The largest absolute Gasteiger partial charge is 0.379 e. The average Bonchev–Trinajstić information content (AvgIpc) is 2.42. The zero-order valence-corrected chi connectivity index (χ0v) is 16.7. The Kier molecular flexibility index (Phi) is 9.82. The van der Waals surface area contributed by atoms with Gasteiger partial charge in [-0.15, -0.1) is 34.0 Å². The average molecular weight is 466 g/mol. The number of fused-ring (bicyclic) bond motifs is 1. The number of rotatable bonds is 4. The van der Waals surface area contributed by atoms with E-state index < -0.39 is 0 Å². The smallest absolute Gasteiger partial charge is 0.151 e. The molecule has 0 saturated carbocycles. The number of halogens is 2. The molecule has 0 bridgehead atoms. The second-order valence-electron chi connectivity index (χ2n) is 4.24. The van der Waals surface area contributed by atoms with Gasteiger partial charge in [0.15, 0.2) is 10.3 Å². The Balaban J connectivity index is 0.00000220. The molecule has 120 valence electrons. The Hall–Kier alpha value is -0.700. The van der Waals surface area contributed by atoms with Gasteiger partial charge in [0.05, 0.1) is 0 Å². The van der Waals surface area contributed by atoms with Crippen LogP contribution in [0.1, 0.15) is 11.1 Å². The van der Waals surface area contributed by atoms with Crippen LogP contribution in [0.15, 0.2) is 36.4 Å². The minimum atomic E-state index is 0. The number of hydrogen-bond donors (Lipinski definition) is 4. The zero-order valence-electron chi connectivity index (χ0n) is 11.7. The second kappa shape index (κ2) is 10.1. The molecule has 0 heterocycles. The summed E-state index contributed by atoms with van der Waals surface area (Å²) in [6.07, 6.45) is 0. The predicted molar refractivity (Wildman–Crippen MR) is 111 cm³/mol. The molecule has 0 radical (unpaired) electrons. The molecule has 0 aliphatic heterocycles. The molecule has 0 aromatic heterocycles. The van der Waals surface area contributed by atoms with Crippen molar-refractivity contribution in [3.8, 4) is 0 Å². The molecule has 0 atom stereocenters. The van der Waals surface area contributed by atoms with Crippen molar-refractivity contribution in [2.75, 3.05) is 0 Å². The summed E-state index contributed by atoms with van der Waals surface area (Å²) in [6.45, 7) is 0. The van der Waals surface area contributed by atoms with Gasteiger partial charge in [0.2, 0.25) is 0 Å². The lowest BCUT2D eigenvalue weighted by Crippen LogP contribution is -2.05. The molecule has 8 heteroatoms. The summed E-state index contributed by atoms with van der Waals surface area (Å²) >= 11 is 2.64. The summed E-state index contributed by atoms with van der Waals surface area (Å²) in [7, 11) is 0. The number of benzene rings is 2. The number of thioether (sulfide) groups is 2. The molecule has 0 aliphatic rings. The minimum absolute atomic E-state index is 0. The van der Waals surface area contributed by atoms with Gasteiger partial charge in [-0.1, -0.05) is 59.9 Å². The molecular weight excluding hydrogens is 448 g/mol. The minimum Gasteiger partial charge on any atom is -0.379 e. The van der Waals surface area contributed by atoms with Gasteiger partial charge in [-0.25, -0.2) is 0 Å². The summed E-state index contributed by atoms with van der Waals surface area (Å²) < 4.78 is 0. The quantitative estimate of drug-likeness (QED) is 0.400. The third kappa shape index (κ3) is 5.83. The summed E-state index contributed by atoms with van der Waals surface area (Å²) in [6, 6.07) is 12.3. The van der Waals surface area contributed by atoms with Crippen molar-refractivity contribution in [2.24, 2.45) is 11.5 Å². The Morgan fingerprint density at radius 2 is 1.23 bits per heavy atom. The van der Waals surface area contributed by atoms with E-state index in [0.717, 1.165) is 16.5 Å². The van der Waals surface area contributed by atoms with Gasteiger partial charge in [-0.2, -0.15) is 0 Å².